The van der Waals surface area contributed by atoms with Crippen LogP contribution in [0.3, 0.4) is 0 Å². The van der Waals surface area contributed by atoms with Crippen LogP contribution in [0.1, 0.15) is 20.8 Å². The molecule has 0 aliphatic rings. The van der Waals surface area contributed by atoms with Crippen LogP contribution in [0.15, 0.2) is 73.4 Å². The summed E-state index contributed by atoms with van der Waals surface area (Å²) in [4.78, 5) is 33.2. The lowest BCUT2D eigenvalue weighted by molar-refractivity contribution is -0.156. The third kappa shape index (κ3) is 6.23. The molecule has 190 valence electrons. The summed E-state index contributed by atoms with van der Waals surface area (Å²) in [5.74, 6) is 0.325. The van der Waals surface area contributed by atoms with E-state index < -0.39 is 5.41 Å². The molecule has 37 heavy (non-hydrogen) atoms. The van der Waals surface area contributed by atoms with Gasteiger partial charge in [-0.1, -0.05) is 12.6 Å². The first-order valence-electron chi connectivity index (χ1n) is 11.5. The minimum atomic E-state index is -0.639. The lowest BCUT2D eigenvalue weighted by Gasteiger charge is -2.17. The minimum absolute atomic E-state index is 0.0273. The number of rotatable bonds is 8. The molecule has 10 nitrogen and oxygen atoms in total. The normalized spacial score (nSPS) is 11.1. The molecule has 0 saturated heterocycles. The number of nitrogen functional groups attached to an aromatic ring is 1. The van der Waals surface area contributed by atoms with E-state index >= 15 is 0 Å². The number of nitrogens with two attached hydrogens (primary N) is 1. The number of carbonyl (C=O) groups is 2. The number of hydrogen-bond donors (Lipinski definition) is 3. The lowest BCUT2D eigenvalue weighted by atomic mass is 9.98. The monoisotopic (exact) mass is 500 g/mol. The smallest absolute Gasteiger partial charge is 0.312 e. The van der Waals surface area contributed by atoms with Crippen molar-refractivity contribution < 1.29 is 19.1 Å². The number of fused-ring (bicyclic) bond motifs is 1. The third-order valence-electron chi connectivity index (χ3n) is 5.20. The van der Waals surface area contributed by atoms with E-state index in [0.717, 1.165) is 5.69 Å². The number of aromatic nitrogens is 3. The van der Waals surface area contributed by atoms with Gasteiger partial charge in [0.25, 0.3) is 0 Å². The maximum Gasteiger partial charge on any atom is 0.312 e. The predicted octanol–water partition coefficient (Wildman–Crippen LogP) is 5.22. The second-order valence-electron chi connectivity index (χ2n) is 9.26. The van der Waals surface area contributed by atoms with Crippen LogP contribution < -0.4 is 21.1 Å². The van der Waals surface area contributed by atoms with E-state index in [-0.39, 0.29) is 30.4 Å². The molecule has 0 bridgehead atoms. The van der Waals surface area contributed by atoms with E-state index in [2.05, 4.69) is 27.2 Å². The van der Waals surface area contributed by atoms with Crippen LogP contribution in [-0.2, 0) is 21.1 Å². The molecule has 0 fully saturated rings. The number of ether oxygens (including phenoxy) is 2. The van der Waals surface area contributed by atoms with Gasteiger partial charge in [0.2, 0.25) is 17.7 Å². The first-order chi connectivity index (χ1) is 17.6. The highest BCUT2D eigenvalue weighted by Gasteiger charge is 2.23. The molecule has 2 aromatic heterocycles. The third-order valence-corrected chi connectivity index (χ3v) is 5.20. The van der Waals surface area contributed by atoms with Crippen molar-refractivity contribution in [3.8, 4) is 11.6 Å². The number of anilines is 4. The highest BCUT2D eigenvalue weighted by molar-refractivity contribution is 5.99. The Balaban J connectivity index is 1.70. The lowest BCUT2D eigenvalue weighted by Crippen LogP contribution is -2.24. The summed E-state index contributed by atoms with van der Waals surface area (Å²) >= 11 is 0. The van der Waals surface area contributed by atoms with Gasteiger partial charge in [0, 0.05) is 29.3 Å². The van der Waals surface area contributed by atoms with Gasteiger partial charge >= 0.3 is 5.97 Å². The van der Waals surface area contributed by atoms with Gasteiger partial charge in [0.15, 0.2) is 12.4 Å². The van der Waals surface area contributed by atoms with Crippen molar-refractivity contribution in [2.24, 2.45) is 5.41 Å². The highest BCUT2D eigenvalue weighted by atomic mass is 16.5. The van der Waals surface area contributed by atoms with Gasteiger partial charge in [-0.15, -0.1) is 0 Å². The SMILES string of the molecule is C=CC(=O)Nc1cccc(Oc2nc(Nc3ccc(N)cc3)nc3c2ccn3COC(=O)C(C)(C)C)c1. The second kappa shape index (κ2) is 10.4. The number of carbonyl (C=O) groups excluding carboxylic acids is 2. The van der Waals surface area contributed by atoms with Gasteiger partial charge in [-0.2, -0.15) is 9.97 Å². The summed E-state index contributed by atoms with van der Waals surface area (Å²) in [7, 11) is 0. The van der Waals surface area contributed by atoms with Gasteiger partial charge in [0.05, 0.1) is 10.8 Å². The minimum Gasteiger partial charge on any atom is -0.443 e. The van der Waals surface area contributed by atoms with Crippen LogP contribution in [0.5, 0.6) is 11.6 Å². The molecule has 10 heteroatoms. The van der Waals surface area contributed by atoms with E-state index in [9.17, 15) is 9.59 Å². The molecular weight excluding hydrogens is 472 g/mol. The quantitative estimate of drug-likeness (QED) is 0.170. The molecule has 0 aliphatic heterocycles. The molecule has 2 heterocycles. The van der Waals surface area contributed by atoms with Crippen molar-refractivity contribution in [3.05, 3.63) is 73.4 Å². The molecule has 0 saturated carbocycles. The number of hydrogen-bond acceptors (Lipinski definition) is 8. The van der Waals surface area contributed by atoms with Crippen molar-refractivity contribution in [1.29, 1.82) is 0 Å². The molecular formula is C27H28N6O4. The Labute approximate surface area is 214 Å². The molecule has 4 aromatic rings. The van der Waals surface area contributed by atoms with Crippen LogP contribution in [0.2, 0.25) is 0 Å². The molecule has 0 aliphatic carbocycles. The zero-order valence-electron chi connectivity index (χ0n) is 20.8. The Morgan fingerprint density at radius 1 is 1.08 bits per heavy atom. The molecule has 1 amide bonds. The molecule has 0 radical (unpaired) electrons. The van der Waals surface area contributed by atoms with E-state index in [1.54, 1.807) is 86.1 Å². The summed E-state index contributed by atoms with van der Waals surface area (Å²) in [6.45, 7) is 8.80. The molecule has 0 spiro atoms. The summed E-state index contributed by atoms with van der Waals surface area (Å²) in [5, 5.41) is 6.46. The molecule has 0 unspecified atom stereocenters. The zero-order valence-corrected chi connectivity index (χ0v) is 20.8. The van der Waals surface area contributed by atoms with Crippen molar-refractivity contribution in [2.45, 2.75) is 27.5 Å². The maximum absolute atomic E-state index is 12.3. The average molecular weight is 501 g/mol. The Hall–Kier alpha value is -4.86. The van der Waals surface area contributed by atoms with Crippen LogP contribution in [-0.4, -0.2) is 26.4 Å². The predicted molar refractivity (Wildman–Crippen MR) is 143 cm³/mol. The molecule has 4 N–H and O–H groups in total. The van der Waals surface area contributed by atoms with Crippen LogP contribution in [0.25, 0.3) is 11.0 Å². The Morgan fingerprint density at radius 3 is 2.54 bits per heavy atom. The van der Waals surface area contributed by atoms with Gasteiger partial charge in [0.1, 0.15) is 5.75 Å². The first-order valence-corrected chi connectivity index (χ1v) is 11.5. The summed E-state index contributed by atoms with van der Waals surface area (Å²) < 4.78 is 13.3. The fourth-order valence-corrected chi connectivity index (χ4v) is 3.26. The first kappa shape index (κ1) is 25.2. The zero-order chi connectivity index (χ0) is 26.6. The van der Waals surface area contributed by atoms with Crippen LogP contribution in [0, 0.1) is 5.41 Å². The second-order valence-corrected chi connectivity index (χ2v) is 9.26. The molecule has 2 aromatic carbocycles. The van der Waals surface area contributed by atoms with Crippen molar-refractivity contribution in [1.82, 2.24) is 14.5 Å². The largest absolute Gasteiger partial charge is 0.443 e. The Morgan fingerprint density at radius 2 is 1.84 bits per heavy atom. The van der Waals surface area contributed by atoms with E-state index in [0.29, 0.717) is 28.2 Å². The number of amides is 1. The number of esters is 1. The number of nitrogens with zero attached hydrogens (tertiary/aromatic N) is 3. The fraction of sp³-hybridized carbons (Fsp3) is 0.185. The average Bonchev–Trinajstić information content (AvgIpc) is 3.26. The summed E-state index contributed by atoms with van der Waals surface area (Å²) in [6.07, 6.45) is 2.93. The van der Waals surface area contributed by atoms with E-state index in [1.807, 2.05) is 0 Å². The number of nitrogens with one attached hydrogen (secondary N) is 2. The van der Waals surface area contributed by atoms with Crippen molar-refractivity contribution >= 4 is 45.9 Å². The van der Waals surface area contributed by atoms with Gasteiger partial charge in [-0.25, -0.2) is 0 Å². The van der Waals surface area contributed by atoms with Crippen molar-refractivity contribution in [2.75, 3.05) is 16.4 Å². The molecule has 4 rings (SSSR count). The van der Waals surface area contributed by atoms with Crippen LogP contribution >= 0.6 is 0 Å². The highest BCUT2D eigenvalue weighted by Crippen LogP contribution is 2.31. The summed E-state index contributed by atoms with van der Waals surface area (Å²) in [5.41, 5.74) is 7.55. The van der Waals surface area contributed by atoms with Crippen molar-refractivity contribution in [3.63, 3.8) is 0 Å². The standard InChI is InChI=1S/C27H28N6O4/c1-5-22(34)29-19-7-6-8-20(15-19)37-24-21-13-14-33(16-36-25(35)27(2,3)4)23(21)31-26(32-24)30-18-11-9-17(28)10-12-18/h5-15H,1,16,28H2,2-4H3,(H,29,34)(H,30,31,32). The maximum atomic E-state index is 12.3. The van der Waals surface area contributed by atoms with Gasteiger partial charge in [-0.05, 0) is 69.3 Å². The van der Waals surface area contributed by atoms with Crippen LogP contribution in [0.4, 0.5) is 23.0 Å². The fourth-order valence-electron chi connectivity index (χ4n) is 3.26. The van der Waals surface area contributed by atoms with E-state index in [1.165, 1.54) is 6.08 Å². The topological polar surface area (TPSA) is 133 Å². The van der Waals surface area contributed by atoms with Gasteiger partial charge in [-0.3, -0.25) is 14.2 Å². The van der Waals surface area contributed by atoms with Gasteiger partial charge < -0.3 is 25.8 Å². The Kier molecular flexibility index (Phi) is 7.10. The molecule has 0 atom stereocenters. The van der Waals surface area contributed by atoms with E-state index in [4.69, 9.17) is 15.2 Å². The summed E-state index contributed by atoms with van der Waals surface area (Å²) in [6, 6.07) is 15.8. The number of benzene rings is 2. The Bertz CT molecular complexity index is 1450.